The van der Waals surface area contributed by atoms with Gasteiger partial charge in [0.25, 0.3) is 0 Å². The highest BCUT2D eigenvalue weighted by Gasteiger charge is 2.18. The minimum atomic E-state index is -1.19. The van der Waals surface area contributed by atoms with Crippen molar-refractivity contribution < 1.29 is 15.3 Å². The van der Waals surface area contributed by atoms with Crippen molar-refractivity contribution in [1.82, 2.24) is 9.97 Å². The summed E-state index contributed by atoms with van der Waals surface area (Å²) >= 11 is 3.37. The highest BCUT2D eigenvalue weighted by Crippen LogP contribution is 2.30. The van der Waals surface area contributed by atoms with E-state index in [0.29, 0.717) is 17.7 Å². The first-order valence-corrected chi connectivity index (χ1v) is 7.86. The Balaban J connectivity index is 2.33. The molecule has 124 valence electrons. The summed E-state index contributed by atoms with van der Waals surface area (Å²) in [5.74, 6) is 0.308. The van der Waals surface area contributed by atoms with E-state index in [9.17, 15) is 10.2 Å². The second-order valence-corrected chi connectivity index (χ2v) is 6.07. The van der Waals surface area contributed by atoms with Crippen molar-refractivity contribution in [3.8, 4) is 11.1 Å². The van der Waals surface area contributed by atoms with Gasteiger partial charge in [-0.25, -0.2) is 4.98 Å². The van der Waals surface area contributed by atoms with E-state index in [-0.39, 0.29) is 18.2 Å². The van der Waals surface area contributed by atoms with Gasteiger partial charge in [-0.05, 0) is 30.5 Å². The van der Waals surface area contributed by atoms with Crippen LogP contribution in [0.15, 0.2) is 28.7 Å². The lowest BCUT2D eigenvalue weighted by Crippen LogP contribution is -2.29. The second kappa shape index (κ2) is 7.69. The zero-order chi connectivity index (χ0) is 17.0. The first kappa shape index (κ1) is 17.6. The molecule has 0 aliphatic heterocycles. The average molecular weight is 383 g/mol. The number of benzene rings is 1. The Morgan fingerprint density at radius 1 is 1.04 bits per heavy atom. The van der Waals surface area contributed by atoms with E-state index >= 15 is 0 Å². The zero-order valence-electron chi connectivity index (χ0n) is 12.4. The largest absolute Gasteiger partial charge is 0.394 e. The van der Waals surface area contributed by atoms with Gasteiger partial charge in [-0.15, -0.1) is 0 Å². The first-order valence-electron chi connectivity index (χ1n) is 7.07. The molecule has 1 heterocycles. The molecule has 1 aromatic carbocycles. The normalized spacial score (nSPS) is 13.7. The maximum Gasteiger partial charge on any atom is 0.222 e. The van der Waals surface area contributed by atoms with E-state index in [0.717, 1.165) is 10.0 Å². The standard InChI is InChI=1S/C15H19BrN4O3/c16-9-3-1-8(2-4-9)13-10(19-15(18)20-14(13)17)5-6-11(22)12(23)7-21/h1-4,11-12,21-23H,5-7H2,(H4,17,18,19,20)/t11-,12+/m1/s1. The number of anilines is 2. The molecule has 8 heteroatoms. The van der Waals surface area contributed by atoms with E-state index in [4.69, 9.17) is 16.6 Å². The Hall–Kier alpha value is -1.74. The zero-order valence-corrected chi connectivity index (χ0v) is 13.9. The lowest BCUT2D eigenvalue weighted by atomic mass is 9.99. The summed E-state index contributed by atoms with van der Waals surface area (Å²) in [5.41, 5.74) is 13.7. The lowest BCUT2D eigenvalue weighted by Gasteiger charge is -2.17. The molecule has 0 spiro atoms. The predicted octanol–water partition coefficient (Wildman–Crippen LogP) is 0.717. The van der Waals surface area contributed by atoms with Crippen LogP contribution in [0, 0.1) is 0 Å². The number of aryl methyl sites for hydroxylation is 1. The third-order valence-corrected chi connectivity index (χ3v) is 4.00. The molecule has 0 aliphatic rings. The van der Waals surface area contributed by atoms with E-state index in [2.05, 4.69) is 25.9 Å². The number of rotatable bonds is 6. The number of nitrogens with two attached hydrogens (primary N) is 2. The van der Waals surface area contributed by atoms with E-state index in [1.165, 1.54) is 0 Å². The molecule has 2 aromatic rings. The number of nitrogen functional groups attached to an aromatic ring is 2. The average Bonchev–Trinajstić information content (AvgIpc) is 2.52. The lowest BCUT2D eigenvalue weighted by molar-refractivity contribution is -0.0173. The molecule has 0 radical (unpaired) electrons. The van der Waals surface area contributed by atoms with Crippen LogP contribution in [-0.2, 0) is 6.42 Å². The molecule has 0 fully saturated rings. The highest BCUT2D eigenvalue weighted by molar-refractivity contribution is 9.10. The summed E-state index contributed by atoms with van der Waals surface area (Å²) in [7, 11) is 0. The molecule has 2 atom stereocenters. The van der Waals surface area contributed by atoms with E-state index in [1.807, 2.05) is 24.3 Å². The van der Waals surface area contributed by atoms with Crippen molar-refractivity contribution in [3.05, 3.63) is 34.4 Å². The molecule has 7 N–H and O–H groups in total. The number of aromatic nitrogens is 2. The second-order valence-electron chi connectivity index (χ2n) is 5.15. The third-order valence-electron chi connectivity index (χ3n) is 3.47. The fourth-order valence-electron chi connectivity index (χ4n) is 2.26. The van der Waals surface area contributed by atoms with Gasteiger partial charge < -0.3 is 26.8 Å². The molecule has 0 saturated carbocycles. The molecule has 2 rings (SSSR count). The van der Waals surface area contributed by atoms with Gasteiger partial charge in [-0.1, -0.05) is 28.1 Å². The van der Waals surface area contributed by atoms with E-state index < -0.39 is 18.8 Å². The number of hydrogen-bond acceptors (Lipinski definition) is 7. The minimum Gasteiger partial charge on any atom is -0.394 e. The molecular formula is C15H19BrN4O3. The molecule has 0 bridgehead atoms. The third kappa shape index (κ3) is 4.38. The molecule has 0 amide bonds. The maximum atomic E-state index is 9.79. The summed E-state index contributed by atoms with van der Waals surface area (Å²) in [6, 6.07) is 7.49. The maximum absolute atomic E-state index is 9.79. The van der Waals surface area contributed by atoms with Crippen LogP contribution in [0.1, 0.15) is 12.1 Å². The monoisotopic (exact) mass is 382 g/mol. The number of hydrogen-bond donors (Lipinski definition) is 5. The predicted molar refractivity (Wildman–Crippen MR) is 91.4 cm³/mol. The van der Waals surface area contributed by atoms with Crippen LogP contribution in [0.4, 0.5) is 11.8 Å². The molecule has 0 saturated heterocycles. The Morgan fingerprint density at radius 3 is 2.30 bits per heavy atom. The summed E-state index contributed by atoms with van der Waals surface area (Å²) in [5, 5.41) is 28.1. The fraction of sp³-hybridized carbons (Fsp3) is 0.333. The summed E-state index contributed by atoms with van der Waals surface area (Å²) in [6.45, 7) is -0.505. The number of halogens is 1. The van der Waals surface area contributed by atoms with Crippen molar-refractivity contribution in [1.29, 1.82) is 0 Å². The van der Waals surface area contributed by atoms with Crippen molar-refractivity contribution in [2.24, 2.45) is 0 Å². The summed E-state index contributed by atoms with van der Waals surface area (Å²) in [4.78, 5) is 8.20. The van der Waals surface area contributed by atoms with Gasteiger partial charge in [0.05, 0.1) is 18.4 Å². The molecule has 0 unspecified atom stereocenters. The van der Waals surface area contributed by atoms with Gasteiger partial charge in [0, 0.05) is 10.0 Å². The molecule has 1 aromatic heterocycles. The Kier molecular flexibility index (Phi) is 5.89. The van der Waals surface area contributed by atoms with Gasteiger partial charge in [0.1, 0.15) is 11.9 Å². The van der Waals surface area contributed by atoms with Crippen LogP contribution in [-0.4, -0.2) is 44.1 Å². The Morgan fingerprint density at radius 2 is 1.70 bits per heavy atom. The molecule has 0 aliphatic carbocycles. The van der Waals surface area contributed by atoms with Crippen molar-refractivity contribution in [2.75, 3.05) is 18.1 Å². The first-order chi connectivity index (χ1) is 10.9. The Bertz CT molecular complexity index is 667. The number of aliphatic hydroxyl groups is 3. The summed E-state index contributed by atoms with van der Waals surface area (Å²) in [6.07, 6.45) is -1.71. The summed E-state index contributed by atoms with van der Waals surface area (Å²) < 4.78 is 0.930. The van der Waals surface area contributed by atoms with Crippen LogP contribution in [0.2, 0.25) is 0 Å². The van der Waals surface area contributed by atoms with Crippen LogP contribution >= 0.6 is 15.9 Å². The smallest absolute Gasteiger partial charge is 0.222 e. The van der Waals surface area contributed by atoms with Crippen LogP contribution in [0.25, 0.3) is 11.1 Å². The minimum absolute atomic E-state index is 0.0514. The van der Waals surface area contributed by atoms with Gasteiger partial charge in [0.2, 0.25) is 5.95 Å². The van der Waals surface area contributed by atoms with Crippen LogP contribution in [0.3, 0.4) is 0 Å². The number of nitrogens with zero attached hydrogens (tertiary/aromatic N) is 2. The van der Waals surface area contributed by atoms with Crippen molar-refractivity contribution in [2.45, 2.75) is 25.0 Å². The SMILES string of the molecule is Nc1nc(N)c(-c2ccc(Br)cc2)c(CC[C@@H](O)[C@@H](O)CO)n1. The highest BCUT2D eigenvalue weighted by atomic mass is 79.9. The quantitative estimate of drug-likeness (QED) is 0.495. The fourth-order valence-corrected chi connectivity index (χ4v) is 2.52. The van der Waals surface area contributed by atoms with Crippen molar-refractivity contribution >= 4 is 27.7 Å². The van der Waals surface area contributed by atoms with Gasteiger partial charge in [0.15, 0.2) is 0 Å². The number of aliphatic hydroxyl groups excluding tert-OH is 3. The van der Waals surface area contributed by atoms with E-state index in [1.54, 1.807) is 0 Å². The van der Waals surface area contributed by atoms with Crippen molar-refractivity contribution in [3.63, 3.8) is 0 Å². The molecule has 23 heavy (non-hydrogen) atoms. The van der Waals surface area contributed by atoms with Crippen LogP contribution < -0.4 is 11.5 Å². The molecule has 7 nitrogen and oxygen atoms in total. The van der Waals surface area contributed by atoms with Gasteiger partial charge >= 0.3 is 0 Å². The van der Waals surface area contributed by atoms with Gasteiger partial charge in [-0.3, -0.25) is 0 Å². The topological polar surface area (TPSA) is 139 Å². The van der Waals surface area contributed by atoms with Gasteiger partial charge in [-0.2, -0.15) is 4.98 Å². The Labute approximate surface area is 142 Å². The van der Waals surface area contributed by atoms with Crippen LogP contribution in [0.5, 0.6) is 0 Å². The molecular weight excluding hydrogens is 364 g/mol.